The van der Waals surface area contributed by atoms with Crippen LogP contribution in [0.15, 0.2) is 6.07 Å². The van der Waals surface area contributed by atoms with Gasteiger partial charge in [-0.3, -0.25) is 0 Å². The van der Waals surface area contributed by atoms with Gasteiger partial charge in [0.05, 0.1) is 0 Å². The summed E-state index contributed by atoms with van der Waals surface area (Å²) in [6.07, 6.45) is 0. The molecule has 0 saturated carbocycles. The molecule has 1 aromatic rings. The summed E-state index contributed by atoms with van der Waals surface area (Å²) in [6.45, 7) is 13.5. The Morgan fingerprint density at radius 3 is 1.93 bits per heavy atom. The first-order valence-electron chi connectivity index (χ1n) is 5.05. The molecule has 0 radical (unpaired) electrons. The molecule has 0 bridgehead atoms. The summed E-state index contributed by atoms with van der Waals surface area (Å²) in [7, 11) is 0. The molecule has 0 heterocycles. The minimum atomic E-state index is 0.239. The second kappa shape index (κ2) is 3.71. The molecule has 0 aliphatic heterocycles. The van der Waals surface area contributed by atoms with Crippen molar-refractivity contribution in [2.75, 3.05) is 0 Å². The average molecular weight is 255 g/mol. The predicted molar refractivity (Wildman–Crippen MR) is 66.1 cm³/mol. The Morgan fingerprint density at radius 2 is 1.50 bits per heavy atom. The molecule has 0 nitrogen and oxygen atoms in total. The number of benzene rings is 1. The van der Waals surface area contributed by atoms with Crippen molar-refractivity contribution in [2.45, 2.75) is 47.0 Å². The molecule has 0 aliphatic rings. The zero-order valence-corrected chi connectivity index (χ0v) is 11.9. The second-order valence-corrected chi connectivity index (χ2v) is 6.05. The molecular formula is C13H20Se. The number of hydrogen-bond acceptors (Lipinski definition) is 0. The van der Waals surface area contributed by atoms with E-state index in [0.29, 0.717) is 0 Å². The Morgan fingerprint density at radius 1 is 1.00 bits per heavy atom. The van der Waals surface area contributed by atoms with E-state index >= 15 is 0 Å². The summed E-state index contributed by atoms with van der Waals surface area (Å²) >= 11 is 2.73. The standard InChI is InChI=1S/C13H20Se/c1-8-7-9(2)12(14)11(10(8)3)13(4,5)6/h7,14H,1-6H3. The molecule has 0 aliphatic carbocycles. The van der Waals surface area contributed by atoms with Gasteiger partial charge in [-0.05, 0) is 0 Å². The first kappa shape index (κ1) is 11.8. The second-order valence-electron chi connectivity index (χ2n) is 5.11. The van der Waals surface area contributed by atoms with E-state index in [-0.39, 0.29) is 5.41 Å². The molecule has 0 atom stereocenters. The third kappa shape index (κ3) is 2.04. The molecule has 1 aromatic carbocycles. The van der Waals surface area contributed by atoms with E-state index in [0.717, 1.165) is 0 Å². The van der Waals surface area contributed by atoms with E-state index in [1.807, 2.05) is 0 Å². The van der Waals surface area contributed by atoms with Crippen LogP contribution in [0.25, 0.3) is 0 Å². The summed E-state index contributed by atoms with van der Waals surface area (Å²) in [6, 6.07) is 2.28. The first-order valence-corrected chi connectivity index (χ1v) is 5.99. The Balaban J connectivity index is 3.56. The third-order valence-electron chi connectivity index (χ3n) is 2.76. The Hall–Kier alpha value is -0.261. The van der Waals surface area contributed by atoms with Crippen LogP contribution in [-0.4, -0.2) is 16.0 Å². The van der Waals surface area contributed by atoms with Crippen LogP contribution in [0.1, 0.15) is 43.0 Å². The van der Waals surface area contributed by atoms with Crippen molar-refractivity contribution >= 4 is 20.5 Å². The van der Waals surface area contributed by atoms with Crippen LogP contribution in [0.2, 0.25) is 0 Å². The first-order chi connectivity index (χ1) is 6.25. The minimum absolute atomic E-state index is 0.239. The molecule has 0 fully saturated rings. The summed E-state index contributed by atoms with van der Waals surface area (Å²) in [4.78, 5) is 0. The van der Waals surface area contributed by atoms with Crippen LogP contribution in [0.3, 0.4) is 0 Å². The average Bonchev–Trinajstić information content (AvgIpc) is 1.98. The van der Waals surface area contributed by atoms with Crippen LogP contribution >= 0.6 is 0 Å². The van der Waals surface area contributed by atoms with Crippen molar-refractivity contribution < 1.29 is 0 Å². The molecule has 1 rings (SSSR count). The number of rotatable bonds is 0. The molecule has 78 valence electrons. The van der Waals surface area contributed by atoms with Gasteiger partial charge in [0.1, 0.15) is 0 Å². The molecule has 0 aromatic heterocycles. The maximum atomic E-state index is 2.73. The molecule has 0 amide bonds. The molecule has 1 heteroatoms. The normalized spacial score (nSPS) is 11.9. The van der Waals surface area contributed by atoms with Gasteiger partial charge >= 0.3 is 95.8 Å². The van der Waals surface area contributed by atoms with Crippen molar-refractivity contribution in [2.24, 2.45) is 0 Å². The van der Waals surface area contributed by atoms with E-state index < -0.39 is 0 Å². The van der Waals surface area contributed by atoms with Crippen molar-refractivity contribution in [3.05, 3.63) is 28.3 Å². The Labute approximate surface area is 95.9 Å². The van der Waals surface area contributed by atoms with Crippen molar-refractivity contribution in [3.63, 3.8) is 0 Å². The summed E-state index contributed by atoms with van der Waals surface area (Å²) < 4.78 is 1.40. The van der Waals surface area contributed by atoms with Gasteiger partial charge in [-0.25, -0.2) is 0 Å². The van der Waals surface area contributed by atoms with Crippen molar-refractivity contribution in [3.8, 4) is 0 Å². The fourth-order valence-electron chi connectivity index (χ4n) is 1.99. The Bertz CT molecular complexity index is 330. The van der Waals surface area contributed by atoms with Crippen LogP contribution in [0, 0.1) is 20.8 Å². The van der Waals surface area contributed by atoms with Gasteiger partial charge in [0.2, 0.25) is 0 Å². The van der Waals surface area contributed by atoms with E-state index in [1.165, 1.54) is 26.7 Å². The SMILES string of the molecule is Cc1cc(C)c([SeH])c(C(C)(C)C)c1C. The zero-order valence-electron chi connectivity index (χ0n) is 10.0. The molecule has 14 heavy (non-hydrogen) atoms. The van der Waals surface area contributed by atoms with Gasteiger partial charge in [-0.1, -0.05) is 0 Å². The zero-order chi connectivity index (χ0) is 11.1. The molecule has 0 saturated heterocycles. The van der Waals surface area contributed by atoms with E-state index in [2.05, 4.69) is 63.6 Å². The summed E-state index contributed by atoms with van der Waals surface area (Å²) in [5.41, 5.74) is 5.97. The summed E-state index contributed by atoms with van der Waals surface area (Å²) in [5.74, 6) is 0. The third-order valence-corrected chi connectivity index (χ3v) is 3.97. The van der Waals surface area contributed by atoms with E-state index in [9.17, 15) is 0 Å². The summed E-state index contributed by atoms with van der Waals surface area (Å²) in [5, 5.41) is 0. The predicted octanol–water partition coefficient (Wildman–Crippen LogP) is 2.44. The van der Waals surface area contributed by atoms with Gasteiger partial charge in [-0.15, -0.1) is 0 Å². The Kier molecular flexibility index (Phi) is 3.13. The molecule has 0 spiro atoms. The topological polar surface area (TPSA) is 0 Å². The van der Waals surface area contributed by atoms with Crippen molar-refractivity contribution in [1.82, 2.24) is 0 Å². The van der Waals surface area contributed by atoms with Crippen LogP contribution in [0.5, 0.6) is 0 Å². The van der Waals surface area contributed by atoms with Gasteiger partial charge in [0.25, 0.3) is 0 Å². The number of hydrogen-bond donors (Lipinski definition) is 0. The van der Waals surface area contributed by atoms with Gasteiger partial charge in [0, 0.05) is 0 Å². The number of aryl methyl sites for hydroxylation is 2. The monoisotopic (exact) mass is 256 g/mol. The van der Waals surface area contributed by atoms with Crippen LogP contribution < -0.4 is 4.46 Å². The van der Waals surface area contributed by atoms with Gasteiger partial charge in [0.15, 0.2) is 0 Å². The van der Waals surface area contributed by atoms with E-state index in [4.69, 9.17) is 0 Å². The van der Waals surface area contributed by atoms with Crippen LogP contribution in [0.4, 0.5) is 0 Å². The molecular weight excluding hydrogens is 235 g/mol. The quantitative estimate of drug-likeness (QED) is 0.625. The maximum absolute atomic E-state index is 2.73. The van der Waals surface area contributed by atoms with E-state index in [1.54, 1.807) is 0 Å². The van der Waals surface area contributed by atoms with Gasteiger partial charge in [-0.2, -0.15) is 0 Å². The fraction of sp³-hybridized carbons (Fsp3) is 0.538. The van der Waals surface area contributed by atoms with Gasteiger partial charge < -0.3 is 0 Å². The van der Waals surface area contributed by atoms with Crippen molar-refractivity contribution in [1.29, 1.82) is 0 Å². The molecule has 0 N–H and O–H groups in total. The molecule has 0 unspecified atom stereocenters. The fourth-order valence-corrected chi connectivity index (χ4v) is 3.18. The van der Waals surface area contributed by atoms with Crippen LogP contribution in [-0.2, 0) is 5.41 Å².